The van der Waals surface area contributed by atoms with Crippen molar-refractivity contribution in [3.63, 3.8) is 0 Å². The molecule has 2 rings (SSSR count). The van der Waals surface area contributed by atoms with Gasteiger partial charge >= 0.3 is 0 Å². The van der Waals surface area contributed by atoms with Crippen molar-refractivity contribution in [2.24, 2.45) is 0 Å². The van der Waals surface area contributed by atoms with E-state index in [0.29, 0.717) is 22.3 Å². The second-order valence-corrected chi connectivity index (χ2v) is 5.94. The summed E-state index contributed by atoms with van der Waals surface area (Å²) in [6.45, 7) is 3.55. The Balaban J connectivity index is 2.08. The number of halogens is 1. The van der Waals surface area contributed by atoms with Crippen LogP contribution in [-0.4, -0.2) is 26.2 Å². The van der Waals surface area contributed by atoms with E-state index in [9.17, 15) is 4.79 Å². The molecular formula is C19H22ClNO4. The third-order valence-corrected chi connectivity index (χ3v) is 4.08. The van der Waals surface area contributed by atoms with Crippen molar-refractivity contribution in [2.75, 3.05) is 14.2 Å². The van der Waals surface area contributed by atoms with Crippen molar-refractivity contribution in [2.45, 2.75) is 26.0 Å². The molecule has 0 saturated heterocycles. The monoisotopic (exact) mass is 363 g/mol. The van der Waals surface area contributed by atoms with Crippen molar-refractivity contribution in [1.29, 1.82) is 0 Å². The van der Waals surface area contributed by atoms with Gasteiger partial charge in [-0.25, -0.2) is 0 Å². The molecule has 25 heavy (non-hydrogen) atoms. The smallest absolute Gasteiger partial charge is 0.261 e. The fourth-order valence-corrected chi connectivity index (χ4v) is 2.55. The van der Waals surface area contributed by atoms with Crippen molar-refractivity contribution < 1.29 is 19.0 Å². The van der Waals surface area contributed by atoms with E-state index in [1.807, 2.05) is 13.0 Å². The molecule has 0 aliphatic heterocycles. The van der Waals surface area contributed by atoms with Crippen LogP contribution in [0, 0.1) is 0 Å². The van der Waals surface area contributed by atoms with E-state index in [4.69, 9.17) is 25.8 Å². The summed E-state index contributed by atoms with van der Waals surface area (Å²) in [5, 5.41) is 3.38. The number of amides is 1. The van der Waals surface area contributed by atoms with E-state index >= 15 is 0 Å². The Hall–Kier alpha value is -2.40. The average molecular weight is 364 g/mol. The highest BCUT2D eigenvalue weighted by atomic mass is 35.5. The number of carbonyl (C=O) groups excluding carboxylic acids is 1. The molecule has 0 spiro atoms. The lowest BCUT2D eigenvalue weighted by Gasteiger charge is -2.21. The van der Waals surface area contributed by atoms with Crippen LogP contribution in [0.25, 0.3) is 0 Å². The fourth-order valence-electron chi connectivity index (χ4n) is 2.37. The number of hydrogen-bond acceptors (Lipinski definition) is 4. The number of para-hydroxylation sites is 1. The van der Waals surface area contributed by atoms with Gasteiger partial charge in [-0.1, -0.05) is 23.7 Å². The van der Waals surface area contributed by atoms with Gasteiger partial charge in [-0.2, -0.15) is 0 Å². The first-order chi connectivity index (χ1) is 12.0. The Bertz CT molecular complexity index is 735. The standard InChI is InChI=1S/C19H22ClNO4/c1-12(15-11-14(23-3)9-10-17(15)24-4)21-19(22)13(2)25-18-8-6-5-7-16(18)20/h5-13H,1-4H3,(H,21,22). The largest absolute Gasteiger partial charge is 0.497 e. The maximum atomic E-state index is 12.4. The van der Waals surface area contributed by atoms with Gasteiger partial charge in [-0.3, -0.25) is 4.79 Å². The summed E-state index contributed by atoms with van der Waals surface area (Å²) in [7, 11) is 3.18. The normalized spacial score (nSPS) is 12.8. The van der Waals surface area contributed by atoms with E-state index in [1.54, 1.807) is 57.5 Å². The lowest BCUT2D eigenvalue weighted by Crippen LogP contribution is -2.37. The molecule has 2 unspecified atom stereocenters. The van der Waals surface area contributed by atoms with Crippen molar-refractivity contribution in [3.05, 3.63) is 53.1 Å². The molecule has 6 heteroatoms. The molecule has 0 heterocycles. The summed E-state index contributed by atoms with van der Waals surface area (Å²) in [6, 6.07) is 12.2. The SMILES string of the molecule is COc1ccc(OC)c(C(C)NC(=O)C(C)Oc2ccccc2Cl)c1. The van der Waals surface area contributed by atoms with E-state index in [0.717, 1.165) is 5.56 Å². The minimum Gasteiger partial charge on any atom is -0.497 e. The predicted molar refractivity (Wildman–Crippen MR) is 97.6 cm³/mol. The highest BCUT2D eigenvalue weighted by Crippen LogP contribution is 2.29. The summed E-state index contributed by atoms with van der Waals surface area (Å²) in [6.07, 6.45) is -0.695. The number of rotatable bonds is 7. The lowest BCUT2D eigenvalue weighted by atomic mass is 10.1. The molecule has 1 N–H and O–H groups in total. The van der Waals surface area contributed by atoms with Crippen LogP contribution in [0.5, 0.6) is 17.2 Å². The summed E-state index contributed by atoms with van der Waals surface area (Å²) >= 11 is 6.06. The zero-order valence-corrected chi connectivity index (χ0v) is 15.5. The van der Waals surface area contributed by atoms with E-state index in [-0.39, 0.29) is 11.9 Å². The van der Waals surface area contributed by atoms with Gasteiger partial charge < -0.3 is 19.5 Å². The third-order valence-electron chi connectivity index (χ3n) is 3.77. The summed E-state index contributed by atoms with van der Waals surface area (Å²) in [4.78, 5) is 12.4. The van der Waals surface area contributed by atoms with Gasteiger partial charge in [0.15, 0.2) is 6.10 Å². The molecule has 0 aromatic heterocycles. The molecule has 0 bridgehead atoms. The van der Waals surface area contributed by atoms with Gasteiger partial charge in [-0.15, -0.1) is 0 Å². The quantitative estimate of drug-likeness (QED) is 0.807. The molecule has 5 nitrogen and oxygen atoms in total. The third kappa shape index (κ3) is 4.79. The molecule has 134 valence electrons. The van der Waals surface area contributed by atoms with Crippen LogP contribution in [0.15, 0.2) is 42.5 Å². The number of nitrogens with one attached hydrogen (secondary N) is 1. The van der Waals surface area contributed by atoms with Crippen molar-refractivity contribution >= 4 is 17.5 Å². The molecule has 1 amide bonds. The zero-order valence-electron chi connectivity index (χ0n) is 14.7. The van der Waals surface area contributed by atoms with E-state index in [1.165, 1.54) is 0 Å². The highest BCUT2D eigenvalue weighted by molar-refractivity contribution is 6.32. The summed E-state index contributed by atoms with van der Waals surface area (Å²) in [5.74, 6) is 1.58. The average Bonchev–Trinajstić information content (AvgIpc) is 2.62. The van der Waals surface area contributed by atoms with Gasteiger partial charge in [0.05, 0.1) is 25.3 Å². The fraction of sp³-hybridized carbons (Fsp3) is 0.316. The Labute approximate surface area is 152 Å². The minimum absolute atomic E-state index is 0.253. The van der Waals surface area contributed by atoms with Gasteiger partial charge in [0.2, 0.25) is 0 Å². The Morgan fingerprint density at radius 2 is 1.76 bits per heavy atom. The number of benzene rings is 2. The molecule has 2 atom stereocenters. The first kappa shape index (κ1) is 18.9. The Morgan fingerprint density at radius 3 is 2.40 bits per heavy atom. The molecule has 0 fully saturated rings. The summed E-state index contributed by atoms with van der Waals surface area (Å²) in [5.41, 5.74) is 0.820. The number of methoxy groups -OCH3 is 2. The maximum absolute atomic E-state index is 12.4. The van der Waals surface area contributed by atoms with E-state index in [2.05, 4.69) is 5.32 Å². The first-order valence-corrected chi connectivity index (χ1v) is 8.27. The van der Waals surface area contributed by atoms with Crippen LogP contribution in [0.4, 0.5) is 0 Å². The van der Waals surface area contributed by atoms with Crippen LogP contribution >= 0.6 is 11.6 Å². The number of hydrogen-bond donors (Lipinski definition) is 1. The summed E-state index contributed by atoms with van der Waals surface area (Å²) < 4.78 is 16.3. The maximum Gasteiger partial charge on any atom is 0.261 e. The van der Waals surface area contributed by atoms with Crippen LogP contribution in [0.3, 0.4) is 0 Å². The van der Waals surface area contributed by atoms with Gasteiger partial charge in [0.1, 0.15) is 17.2 Å². The van der Waals surface area contributed by atoms with Crippen molar-refractivity contribution in [1.82, 2.24) is 5.32 Å². The molecule has 2 aromatic carbocycles. The zero-order chi connectivity index (χ0) is 18.4. The molecule has 0 saturated carbocycles. The molecular weight excluding hydrogens is 342 g/mol. The highest BCUT2D eigenvalue weighted by Gasteiger charge is 2.20. The second kappa shape index (κ2) is 8.62. The van der Waals surface area contributed by atoms with E-state index < -0.39 is 6.10 Å². The molecule has 0 aliphatic carbocycles. The second-order valence-electron chi connectivity index (χ2n) is 5.53. The van der Waals surface area contributed by atoms with Crippen molar-refractivity contribution in [3.8, 4) is 17.2 Å². The first-order valence-electron chi connectivity index (χ1n) is 7.89. The topological polar surface area (TPSA) is 56.8 Å². The van der Waals surface area contributed by atoms with Crippen LogP contribution in [-0.2, 0) is 4.79 Å². The lowest BCUT2D eigenvalue weighted by molar-refractivity contribution is -0.127. The minimum atomic E-state index is -0.695. The van der Waals surface area contributed by atoms with Gasteiger partial charge in [0.25, 0.3) is 5.91 Å². The molecule has 0 aliphatic rings. The Morgan fingerprint density at radius 1 is 1.04 bits per heavy atom. The van der Waals surface area contributed by atoms with Crippen LogP contribution in [0.2, 0.25) is 5.02 Å². The van der Waals surface area contributed by atoms with Crippen LogP contribution in [0.1, 0.15) is 25.5 Å². The number of ether oxygens (including phenoxy) is 3. The Kier molecular flexibility index (Phi) is 6.53. The van der Waals surface area contributed by atoms with Crippen LogP contribution < -0.4 is 19.5 Å². The van der Waals surface area contributed by atoms with Gasteiger partial charge in [-0.05, 0) is 44.2 Å². The molecule has 0 radical (unpaired) electrons. The predicted octanol–water partition coefficient (Wildman–Crippen LogP) is 4.00. The van der Waals surface area contributed by atoms with Gasteiger partial charge in [0, 0.05) is 5.56 Å². The molecule has 2 aromatic rings. The number of carbonyl (C=O) groups is 1.